The highest BCUT2D eigenvalue weighted by Gasteiger charge is 2.12. The van der Waals surface area contributed by atoms with E-state index in [1.165, 1.54) is 23.5 Å². The van der Waals surface area contributed by atoms with E-state index in [9.17, 15) is 13.2 Å². The Morgan fingerprint density at radius 1 is 1.33 bits per heavy atom. The molecule has 3 N–H and O–H groups in total. The average Bonchev–Trinajstić information content (AvgIpc) is 2.92. The number of benzene rings is 1. The number of nitrogens with one attached hydrogen (secondary N) is 1. The molecule has 0 radical (unpaired) electrons. The second kappa shape index (κ2) is 6.38. The Bertz CT molecular complexity index is 751. The molecule has 1 aromatic heterocycles. The first-order valence-electron chi connectivity index (χ1n) is 6.38. The highest BCUT2D eigenvalue weighted by Crippen LogP contribution is 2.17. The van der Waals surface area contributed by atoms with Crippen LogP contribution in [0.5, 0.6) is 0 Å². The predicted molar refractivity (Wildman–Crippen MR) is 82.7 cm³/mol. The van der Waals surface area contributed by atoms with Crippen LogP contribution in [0.25, 0.3) is 0 Å². The van der Waals surface area contributed by atoms with Crippen molar-refractivity contribution in [1.82, 2.24) is 5.32 Å². The van der Waals surface area contributed by atoms with E-state index in [4.69, 9.17) is 5.14 Å². The lowest BCUT2D eigenvalue weighted by Crippen LogP contribution is -2.23. The first-order chi connectivity index (χ1) is 9.91. The van der Waals surface area contributed by atoms with Crippen molar-refractivity contribution in [3.63, 3.8) is 0 Å². The molecule has 112 valence electrons. The minimum atomic E-state index is -3.73. The maximum absolute atomic E-state index is 12.1. The van der Waals surface area contributed by atoms with Crippen molar-refractivity contribution in [2.75, 3.05) is 0 Å². The van der Waals surface area contributed by atoms with Gasteiger partial charge in [0.15, 0.2) is 0 Å². The summed E-state index contributed by atoms with van der Waals surface area (Å²) < 4.78 is 22.6. The van der Waals surface area contributed by atoms with Gasteiger partial charge >= 0.3 is 0 Å². The van der Waals surface area contributed by atoms with Crippen LogP contribution < -0.4 is 10.5 Å². The molecule has 1 heterocycles. The molecule has 2 rings (SSSR count). The van der Waals surface area contributed by atoms with Gasteiger partial charge in [0, 0.05) is 6.54 Å². The van der Waals surface area contributed by atoms with Crippen LogP contribution in [0.2, 0.25) is 0 Å². The van der Waals surface area contributed by atoms with Crippen LogP contribution in [0.1, 0.15) is 27.7 Å². The van der Waals surface area contributed by atoms with Crippen LogP contribution in [0.4, 0.5) is 0 Å². The summed E-state index contributed by atoms with van der Waals surface area (Å²) in [6, 6.07) is 8.16. The fourth-order valence-corrected chi connectivity index (χ4v) is 3.40. The van der Waals surface area contributed by atoms with Gasteiger partial charge in [-0.15, -0.1) is 11.3 Å². The average molecular weight is 324 g/mol. The topological polar surface area (TPSA) is 89.3 Å². The molecule has 0 saturated carbocycles. The largest absolute Gasteiger partial charge is 0.347 e. The molecular formula is C14H16N2O3S2. The van der Waals surface area contributed by atoms with Crippen LogP contribution in [0.15, 0.2) is 40.6 Å². The summed E-state index contributed by atoms with van der Waals surface area (Å²) in [4.78, 5) is 12.8. The number of carbonyl (C=O) groups excluding carboxylic acids is 1. The van der Waals surface area contributed by atoms with Crippen molar-refractivity contribution in [3.05, 3.63) is 51.7 Å². The van der Waals surface area contributed by atoms with Crippen molar-refractivity contribution in [3.8, 4) is 0 Å². The summed E-state index contributed by atoms with van der Waals surface area (Å²) in [6.45, 7) is 2.25. The van der Waals surface area contributed by atoms with Gasteiger partial charge in [-0.05, 0) is 41.1 Å². The molecule has 1 amide bonds. The van der Waals surface area contributed by atoms with Crippen LogP contribution in [0.3, 0.4) is 0 Å². The number of aryl methyl sites for hydroxylation is 1. The van der Waals surface area contributed by atoms with E-state index in [1.54, 1.807) is 12.1 Å². The number of amides is 1. The Labute approximate surface area is 127 Å². The van der Waals surface area contributed by atoms with Gasteiger partial charge in [0.1, 0.15) is 0 Å². The van der Waals surface area contributed by atoms with Crippen molar-refractivity contribution in [2.45, 2.75) is 24.8 Å². The molecule has 0 unspecified atom stereocenters. The summed E-state index contributed by atoms with van der Waals surface area (Å²) in [6.07, 6.45) is 0.799. The fourth-order valence-electron chi connectivity index (χ4n) is 1.91. The number of rotatable bonds is 5. The lowest BCUT2D eigenvalue weighted by atomic mass is 10.2. The maximum atomic E-state index is 12.1. The third-order valence-electron chi connectivity index (χ3n) is 3.01. The molecule has 0 aliphatic carbocycles. The van der Waals surface area contributed by atoms with Gasteiger partial charge in [0.05, 0.1) is 9.77 Å². The summed E-state index contributed by atoms with van der Waals surface area (Å²) in [5.41, 5.74) is 1.69. The number of thiophene rings is 1. The second-order valence-corrected chi connectivity index (χ2v) is 6.98. The lowest BCUT2D eigenvalue weighted by molar-refractivity contribution is 0.0954. The Hall–Kier alpha value is -1.70. The van der Waals surface area contributed by atoms with E-state index in [0.717, 1.165) is 12.0 Å². The molecule has 0 aliphatic heterocycles. The van der Waals surface area contributed by atoms with Gasteiger partial charge in [0.2, 0.25) is 10.0 Å². The van der Waals surface area contributed by atoms with Crippen LogP contribution in [-0.2, 0) is 23.0 Å². The Morgan fingerprint density at radius 2 is 2.10 bits per heavy atom. The van der Waals surface area contributed by atoms with Crippen molar-refractivity contribution >= 4 is 27.3 Å². The molecule has 0 atom stereocenters. The minimum Gasteiger partial charge on any atom is -0.347 e. The normalized spacial score (nSPS) is 11.3. The van der Waals surface area contributed by atoms with Gasteiger partial charge in [-0.2, -0.15) is 0 Å². The number of hydrogen-bond acceptors (Lipinski definition) is 4. The molecule has 7 heteroatoms. The minimum absolute atomic E-state index is 0.0413. The fraction of sp³-hybridized carbons (Fsp3) is 0.214. The molecule has 5 nitrogen and oxygen atoms in total. The van der Waals surface area contributed by atoms with E-state index in [-0.39, 0.29) is 17.3 Å². The molecule has 1 aromatic carbocycles. The highest BCUT2D eigenvalue weighted by molar-refractivity contribution is 7.89. The summed E-state index contributed by atoms with van der Waals surface area (Å²) in [5.74, 6) is -0.150. The molecular weight excluding hydrogens is 308 g/mol. The Morgan fingerprint density at radius 3 is 2.76 bits per heavy atom. The van der Waals surface area contributed by atoms with Gasteiger partial charge in [-0.25, -0.2) is 13.6 Å². The molecule has 2 aromatic rings. The monoisotopic (exact) mass is 324 g/mol. The highest BCUT2D eigenvalue weighted by atomic mass is 32.2. The zero-order valence-electron chi connectivity index (χ0n) is 11.5. The zero-order chi connectivity index (χ0) is 15.5. The second-order valence-electron chi connectivity index (χ2n) is 4.50. The molecule has 0 aliphatic rings. The lowest BCUT2D eigenvalue weighted by Gasteiger charge is -2.07. The standard InChI is InChI=1S/C14H16N2O3S2/c1-2-11-6-7-20-13(11)14(17)16-9-10-4-3-5-12(8-10)21(15,18)19/h3-8H,2,9H2,1H3,(H,16,17)(H2,15,18,19). The van der Waals surface area contributed by atoms with Gasteiger partial charge in [-0.3, -0.25) is 4.79 Å². The third kappa shape index (κ3) is 3.90. The van der Waals surface area contributed by atoms with Crippen molar-refractivity contribution in [1.29, 1.82) is 0 Å². The number of primary sulfonamides is 1. The number of nitrogens with two attached hydrogens (primary N) is 1. The number of sulfonamides is 1. The molecule has 0 fully saturated rings. The van der Waals surface area contributed by atoms with E-state index in [2.05, 4.69) is 5.32 Å². The summed E-state index contributed by atoms with van der Waals surface area (Å²) >= 11 is 1.40. The number of hydrogen-bond donors (Lipinski definition) is 2. The van der Waals surface area contributed by atoms with Crippen molar-refractivity contribution < 1.29 is 13.2 Å². The van der Waals surface area contributed by atoms with E-state index in [0.29, 0.717) is 10.4 Å². The Kier molecular flexibility index (Phi) is 4.76. The van der Waals surface area contributed by atoms with Crippen LogP contribution >= 0.6 is 11.3 Å². The first kappa shape index (κ1) is 15.7. The van der Waals surface area contributed by atoms with E-state index in [1.807, 2.05) is 18.4 Å². The predicted octanol–water partition coefficient (Wildman–Crippen LogP) is 1.89. The smallest absolute Gasteiger partial charge is 0.261 e. The third-order valence-corrected chi connectivity index (χ3v) is 4.88. The number of carbonyl (C=O) groups is 1. The SMILES string of the molecule is CCc1ccsc1C(=O)NCc1cccc(S(N)(=O)=O)c1. The van der Waals surface area contributed by atoms with Crippen molar-refractivity contribution in [2.24, 2.45) is 5.14 Å². The zero-order valence-corrected chi connectivity index (χ0v) is 13.1. The quantitative estimate of drug-likeness (QED) is 0.880. The summed E-state index contributed by atoms with van der Waals surface area (Å²) in [7, 11) is -3.73. The molecule has 0 bridgehead atoms. The molecule has 0 spiro atoms. The van der Waals surface area contributed by atoms with Gasteiger partial charge < -0.3 is 5.32 Å². The molecule has 0 saturated heterocycles. The van der Waals surface area contributed by atoms with Crippen LogP contribution in [0, 0.1) is 0 Å². The van der Waals surface area contributed by atoms with Crippen LogP contribution in [-0.4, -0.2) is 14.3 Å². The maximum Gasteiger partial charge on any atom is 0.261 e. The first-order valence-corrected chi connectivity index (χ1v) is 8.80. The Balaban J connectivity index is 2.08. The van der Waals surface area contributed by atoms with Gasteiger partial charge in [0.25, 0.3) is 5.91 Å². The van der Waals surface area contributed by atoms with E-state index < -0.39 is 10.0 Å². The van der Waals surface area contributed by atoms with E-state index >= 15 is 0 Å². The molecule has 21 heavy (non-hydrogen) atoms. The van der Waals surface area contributed by atoms with Gasteiger partial charge in [-0.1, -0.05) is 19.1 Å². The summed E-state index contributed by atoms with van der Waals surface area (Å²) in [5, 5.41) is 9.76.